The van der Waals surface area contributed by atoms with E-state index in [-0.39, 0.29) is 5.41 Å². The van der Waals surface area contributed by atoms with Gasteiger partial charge in [0.2, 0.25) is 0 Å². The largest absolute Gasteiger partial charge is 0.468 e. The van der Waals surface area contributed by atoms with Gasteiger partial charge < -0.3 is 10.2 Å². The molecule has 3 nitrogen and oxygen atoms in total. The van der Waals surface area contributed by atoms with Crippen LogP contribution >= 0.6 is 0 Å². The highest BCUT2D eigenvalue weighted by Gasteiger charge is 2.16. The zero-order chi connectivity index (χ0) is 11.3. The SMILES string of the molecule is CN(CCC(C)(C)CN)Cc1ccco1. The van der Waals surface area contributed by atoms with Crippen LogP contribution < -0.4 is 5.73 Å². The predicted octanol–water partition coefficient (Wildman–Crippen LogP) is 2.09. The Morgan fingerprint density at radius 2 is 2.20 bits per heavy atom. The molecule has 15 heavy (non-hydrogen) atoms. The van der Waals surface area contributed by atoms with E-state index >= 15 is 0 Å². The Morgan fingerprint density at radius 3 is 2.73 bits per heavy atom. The van der Waals surface area contributed by atoms with Crippen molar-refractivity contribution in [3.8, 4) is 0 Å². The van der Waals surface area contributed by atoms with Gasteiger partial charge in [0, 0.05) is 0 Å². The first-order valence-electron chi connectivity index (χ1n) is 5.44. The molecule has 0 fully saturated rings. The molecule has 0 radical (unpaired) electrons. The molecule has 1 heterocycles. The third kappa shape index (κ3) is 4.49. The summed E-state index contributed by atoms with van der Waals surface area (Å²) in [6, 6.07) is 3.93. The molecule has 2 N–H and O–H groups in total. The highest BCUT2D eigenvalue weighted by atomic mass is 16.3. The van der Waals surface area contributed by atoms with Gasteiger partial charge in [-0.05, 0) is 44.1 Å². The van der Waals surface area contributed by atoms with Crippen LogP contribution in [0.15, 0.2) is 22.8 Å². The minimum Gasteiger partial charge on any atom is -0.468 e. The molecular formula is C12H22N2O. The van der Waals surface area contributed by atoms with Crippen molar-refractivity contribution in [1.29, 1.82) is 0 Å². The molecular weight excluding hydrogens is 188 g/mol. The Morgan fingerprint density at radius 1 is 1.47 bits per heavy atom. The molecule has 0 unspecified atom stereocenters. The Balaban J connectivity index is 2.28. The number of hydrogen-bond acceptors (Lipinski definition) is 3. The Hall–Kier alpha value is -0.800. The quantitative estimate of drug-likeness (QED) is 0.781. The van der Waals surface area contributed by atoms with Gasteiger partial charge in [0.15, 0.2) is 0 Å². The second-order valence-electron chi connectivity index (χ2n) is 4.94. The third-order valence-corrected chi connectivity index (χ3v) is 2.73. The van der Waals surface area contributed by atoms with Gasteiger partial charge in [-0.25, -0.2) is 0 Å². The average Bonchev–Trinajstić information content (AvgIpc) is 2.68. The van der Waals surface area contributed by atoms with Gasteiger partial charge in [-0.3, -0.25) is 4.90 Å². The second kappa shape index (κ2) is 5.33. The number of rotatable bonds is 6. The molecule has 3 heteroatoms. The van der Waals surface area contributed by atoms with Gasteiger partial charge in [-0.2, -0.15) is 0 Å². The van der Waals surface area contributed by atoms with Gasteiger partial charge >= 0.3 is 0 Å². The van der Waals surface area contributed by atoms with Crippen LogP contribution in [0.25, 0.3) is 0 Å². The van der Waals surface area contributed by atoms with E-state index in [9.17, 15) is 0 Å². The molecule has 0 bridgehead atoms. The molecule has 0 aromatic carbocycles. The van der Waals surface area contributed by atoms with Crippen molar-refractivity contribution in [2.75, 3.05) is 20.1 Å². The van der Waals surface area contributed by atoms with Gasteiger partial charge in [0.25, 0.3) is 0 Å². The summed E-state index contributed by atoms with van der Waals surface area (Å²) in [4.78, 5) is 2.26. The molecule has 0 saturated heterocycles. The molecule has 86 valence electrons. The van der Waals surface area contributed by atoms with Crippen LogP contribution in [0, 0.1) is 5.41 Å². The van der Waals surface area contributed by atoms with E-state index in [1.807, 2.05) is 12.1 Å². The lowest BCUT2D eigenvalue weighted by Gasteiger charge is -2.25. The summed E-state index contributed by atoms with van der Waals surface area (Å²) in [7, 11) is 2.11. The van der Waals surface area contributed by atoms with Crippen LogP contribution in [-0.2, 0) is 6.54 Å². The Labute approximate surface area is 92.2 Å². The summed E-state index contributed by atoms with van der Waals surface area (Å²) in [5.74, 6) is 1.02. The standard InChI is InChI=1S/C12H22N2O/c1-12(2,10-13)6-7-14(3)9-11-5-4-8-15-11/h4-5,8H,6-7,9-10,13H2,1-3H3. The van der Waals surface area contributed by atoms with Crippen molar-refractivity contribution in [2.24, 2.45) is 11.1 Å². The van der Waals surface area contributed by atoms with E-state index in [0.717, 1.165) is 31.8 Å². The fourth-order valence-electron chi connectivity index (χ4n) is 1.34. The Kier molecular flexibility index (Phi) is 4.36. The van der Waals surface area contributed by atoms with Crippen LogP contribution in [0.1, 0.15) is 26.0 Å². The first-order valence-corrected chi connectivity index (χ1v) is 5.44. The third-order valence-electron chi connectivity index (χ3n) is 2.73. The summed E-state index contributed by atoms with van der Waals surface area (Å²) in [5, 5.41) is 0. The molecule has 1 aromatic rings. The number of hydrogen-bond donors (Lipinski definition) is 1. The fraction of sp³-hybridized carbons (Fsp3) is 0.667. The maximum absolute atomic E-state index is 5.69. The lowest BCUT2D eigenvalue weighted by molar-refractivity contribution is 0.236. The van der Waals surface area contributed by atoms with Crippen molar-refractivity contribution in [3.63, 3.8) is 0 Å². The van der Waals surface area contributed by atoms with Crippen LogP contribution in [0.3, 0.4) is 0 Å². The van der Waals surface area contributed by atoms with Crippen molar-refractivity contribution in [2.45, 2.75) is 26.8 Å². The van der Waals surface area contributed by atoms with Gasteiger partial charge in [-0.15, -0.1) is 0 Å². The smallest absolute Gasteiger partial charge is 0.117 e. The van der Waals surface area contributed by atoms with Crippen molar-refractivity contribution in [3.05, 3.63) is 24.2 Å². The lowest BCUT2D eigenvalue weighted by atomic mass is 9.89. The molecule has 0 aliphatic heterocycles. The van der Waals surface area contributed by atoms with E-state index in [4.69, 9.17) is 10.2 Å². The van der Waals surface area contributed by atoms with Crippen molar-refractivity contribution >= 4 is 0 Å². The number of nitrogens with zero attached hydrogens (tertiary/aromatic N) is 1. The molecule has 0 aliphatic rings. The molecule has 0 saturated carbocycles. The summed E-state index contributed by atoms with van der Waals surface area (Å²) < 4.78 is 5.30. The fourth-order valence-corrected chi connectivity index (χ4v) is 1.34. The van der Waals surface area contributed by atoms with E-state index < -0.39 is 0 Å². The first kappa shape index (κ1) is 12.3. The molecule has 0 amide bonds. The van der Waals surface area contributed by atoms with Crippen molar-refractivity contribution < 1.29 is 4.42 Å². The number of furan rings is 1. The van der Waals surface area contributed by atoms with E-state index in [2.05, 4.69) is 25.8 Å². The zero-order valence-electron chi connectivity index (χ0n) is 9.99. The first-order chi connectivity index (χ1) is 7.03. The topological polar surface area (TPSA) is 42.4 Å². The number of nitrogens with two attached hydrogens (primary N) is 1. The van der Waals surface area contributed by atoms with E-state index in [1.165, 1.54) is 0 Å². The van der Waals surface area contributed by atoms with Gasteiger partial charge in [0.1, 0.15) is 5.76 Å². The summed E-state index contributed by atoms with van der Waals surface area (Å²) in [6.45, 7) is 7.06. The summed E-state index contributed by atoms with van der Waals surface area (Å²) in [5.41, 5.74) is 5.93. The monoisotopic (exact) mass is 210 g/mol. The lowest BCUT2D eigenvalue weighted by Crippen LogP contribution is -2.29. The molecule has 0 atom stereocenters. The predicted molar refractivity (Wildman–Crippen MR) is 62.5 cm³/mol. The normalized spacial score (nSPS) is 12.3. The maximum atomic E-state index is 5.69. The zero-order valence-corrected chi connectivity index (χ0v) is 9.99. The second-order valence-corrected chi connectivity index (χ2v) is 4.94. The average molecular weight is 210 g/mol. The summed E-state index contributed by atoms with van der Waals surface area (Å²) in [6.07, 6.45) is 2.83. The minimum absolute atomic E-state index is 0.234. The van der Waals surface area contributed by atoms with Crippen LogP contribution in [0.4, 0.5) is 0 Å². The minimum atomic E-state index is 0.234. The van der Waals surface area contributed by atoms with E-state index in [1.54, 1.807) is 6.26 Å². The van der Waals surface area contributed by atoms with Crippen molar-refractivity contribution in [1.82, 2.24) is 4.90 Å². The van der Waals surface area contributed by atoms with E-state index in [0.29, 0.717) is 0 Å². The van der Waals surface area contributed by atoms with Crippen LogP contribution in [0.5, 0.6) is 0 Å². The molecule has 0 spiro atoms. The molecule has 0 aliphatic carbocycles. The molecule has 1 rings (SSSR count). The highest BCUT2D eigenvalue weighted by Crippen LogP contribution is 2.18. The van der Waals surface area contributed by atoms with Gasteiger partial charge in [0.05, 0.1) is 12.8 Å². The maximum Gasteiger partial charge on any atom is 0.117 e. The highest BCUT2D eigenvalue weighted by molar-refractivity contribution is 4.97. The van der Waals surface area contributed by atoms with Crippen LogP contribution in [-0.4, -0.2) is 25.0 Å². The van der Waals surface area contributed by atoms with Gasteiger partial charge in [-0.1, -0.05) is 13.8 Å². The van der Waals surface area contributed by atoms with Crippen LogP contribution in [0.2, 0.25) is 0 Å². The Bertz CT molecular complexity index is 267. The summed E-state index contributed by atoms with van der Waals surface area (Å²) >= 11 is 0. The molecule has 1 aromatic heterocycles.